The van der Waals surface area contributed by atoms with Crippen LogP contribution in [0.1, 0.15) is 43.3 Å². The normalized spacial score (nSPS) is 11.2. The smallest absolute Gasteiger partial charge is 0.337 e. The first-order valence-electron chi connectivity index (χ1n) is 11.5. The Kier molecular flexibility index (Phi) is 7.54. The Morgan fingerprint density at radius 2 is 1.65 bits per heavy atom. The van der Waals surface area contributed by atoms with E-state index in [-0.39, 0.29) is 29.0 Å². The third kappa shape index (κ3) is 6.13. The standard InChI is InChI=1S/C28H26N2O6S/c1-18-7-13-24(14-8-18)37(33,34)17-25-19(2)36-27(30-25)22-11-9-21(10-12-22)26(31)29-16-20-5-4-6-23(15-20)28(32)35-3/h4-15H,16-17H2,1-3H3,(H,29,31). The summed E-state index contributed by atoms with van der Waals surface area (Å²) in [6.07, 6.45) is 0. The number of nitrogens with one attached hydrogen (secondary N) is 1. The summed E-state index contributed by atoms with van der Waals surface area (Å²) in [5, 5.41) is 2.82. The van der Waals surface area contributed by atoms with Crippen LogP contribution in [0, 0.1) is 13.8 Å². The van der Waals surface area contributed by atoms with Gasteiger partial charge in [0.05, 0.1) is 23.3 Å². The average molecular weight is 519 g/mol. The van der Waals surface area contributed by atoms with Crippen molar-refractivity contribution in [2.75, 3.05) is 7.11 Å². The molecule has 4 aromatic rings. The van der Waals surface area contributed by atoms with E-state index in [4.69, 9.17) is 9.15 Å². The van der Waals surface area contributed by atoms with E-state index in [1.807, 2.05) is 6.92 Å². The van der Waals surface area contributed by atoms with Crippen LogP contribution in [0.3, 0.4) is 0 Å². The molecule has 0 unspecified atom stereocenters. The predicted octanol–water partition coefficient (Wildman–Crippen LogP) is 4.65. The third-order valence-corrected chi connectivity index (χ3v) is 7.44. The maximum Gasteiger partial charge on any atom is 0.337 e. The maximum absolute atomic E-state index is 12.8. The Labute approximate surface area is 215 Å². The van der Waals surface area contributed by atoms with Gasteiger partial charge in [0.15, 0.2) is 9.84 Å². The number of amides is 1. The molecule has 0 radical (unpaired) electrons. The molecule has 0 fully saturated rings. The van der Waals surface area contributed by atoms with Gasteiger partial charge in [-0.25, -0.2) is 18.2 Å². The second-order valence-electron chi connectivity index (χ2n) is 8.55. The molecule has 190 valence electrons. The molecule has 0 bridgehead atoms. The molecule has 0 aliphatic carbocycles. The van der Waals surface area contributed by atoms with Crippen LogP contribution in [-0.4, -0.2) is 32.4 Å². The second kappa shape index (κ2) is 10.8. The fourth-order valence-corrected chi connectivity index (χ4v) is 5.01. The van der Waals surface area contributed by atoms with Crippen molar-refractivity contribution in [1.82, 2.24) is 10.3 Å². The molecular weight excluding hydrogens is 492 g/mol. The van der Waals surface area contributed by atoms with Gasteiger partial charge in [-0.2, -0.15) is 0 Å². The van der Waals surface area contributed by atoms with E-state index in [2.05, 4.69) is 10.3 Å². The van der Waals surface area contributed by atoms with Crippen LogP contribution in [0.15, 0.2) is 82.1 Å². The molecule has 0 saturated heterocycles. The van der Waals surface area contributed by atoms with Crippen LogP contribution < -0.4 is 5.32 Å². The zero-order valence-electron chi connectivity index (χ0n) is 20.6. The van der Waals surface area contributed by atoms with Crippen molar-refractivity contribution in [3.63, 3.8) is 0 Å². The average Bonchev–Trinajstić information content (AvgIpc) is 3.26. The SMILES string of the molecule is COC(=O)c1cccc(CNC(=O)c2ccc(-c3nc(CS(=O)(=O)c4ccc(C)cc4)c(C)o3)cc2)c1. The number of rotatable bonds is 8. The Bertz CT molecular complexity index is 1540. The number of hydrogen-bond donors (Lipinski definition) is 1. The molecule has 1 amide bonds. The van der Waals surface area contributed by atoms with Crippen molar-refractivity contribution in [3.05, 3.63) is 107 Å². The minimum absolute atomic E-state index is 0.231. The van der Waals surface area contributed by atoms with Gasteiger partial charge in [-0.05, 0) is 67.9 Å². The first-order chi connectivity index (χ1) is 17.7. The van der Waals surface area contributed by atoms with E-state index in [0.29, 0.717) is 28.1 Å². The van der Waals surface area contributed by atoms with Crippen LogP contribution in [0.5, 0.6) is 0 Å². The fourth-order valence-electron chi connectivity index (χ4n) is 3.67. The molecule has 0 saturated carbocycles. The number of carbonyl (C=O) groups is 2. The summed E-state index contributed by atoms with van der Waals surface area (Å²) >= 11 is 0. The molecule has 1 heterocycles. The highest BCUT2D eigenvalue weighted by Crippen LogP contribution is 2.25. The number of sulfone groups is 1. The Morgan fingerprint density at radius 1 is 0.946 bits per heavy atom. The van der Waals surface area contributed by atoms with Gasteiger partial charge in [-0.15, -0.1) is 0 Å². The van der Waals surface area contributed by atoms with E-state index in [1.165, 1.54) is 7.11 Å². The molecule has 1 N–H and O–H groups in total. The molecule has 1 aromatic heterocycles. The maximum atomic E-state index is 12.8. The van der Waals surface area contributed by atoms with Crippen LogP contribution in [0.2, 0.25) is 0 Å². The number of aryl methyl sites for hydroxylation is 2. The third-order valence-electron chi connectivity index (χ3n) is 5.79. The van der Waals surface area contributed by atoms with Crippen LogP contribution in [-0.2, 0) is 26.9 Å². The highest BCUT2D eigenvalue weighted by Gasteiger charge is 2.21. The van der Waals surface area contributed by atoms with Gasteiger partial charge in [0.25, 0.3) is 5.91 Å². The molecule has 37 heavy (non-hydrogen) atoms. The van der Waals surface area contributed by atoms with Crippen molar-refractivity contribution in [2.24, 2.45) is 0 Å². The lowest BCUT2D eigenvalue weighted by molar-refractivity contribution is 0.0600. The van der Waals surface area contributed by atoms with Gasteiger partial charge in [0.1, 0.15) is 11.5 Å². The molecule has 0 atom stereocenters. The largest absolute Gasteiger partial charge is 0.465 e. The van der Waals surface area contributed by atoms with Gasteiger partial charge < -0.3 is 14.5 Å². The number of nitrogens with zero attached hydrogens (tertiary/aromatic N) is 1. The lowest BCUT2D eigenvalue weighted by Gasteiger charge is -2.07. The molecule has 8 nitrogen and oxygen atoms in total. The number of carbonyl (C=O) groups excluding carboxylic acids is 2. The quantitative estimate of drug-likeness (QED) is 0.338. The van der Waals surface area contributed by atoms with E-state index < -0.39 is 15.8 Å². The summed E-state index contributed by atoms with van der Waals surface area (Å²) in [4.78, 5) is 28.9. The van der Waals surface area contributed by atoms with Crippen molar-refractivity contribution in [3.8, 4) is 11.5 Å². The number of ether oxygens (including phenoxy) is 1. The van der Waals surface area contributed by atoms with E-state index in [9.17, 15) is 18.0 Å². The minimum Gasteiger partial charge on any atom is -0.465 e. The monoisotopic (exact) mass is 518 g/mol. The Balaban J connectivity index is 1.43. The molecular formula is C28H26N2O6S. The number of esters is 1. The van der Waals surface area contributed by atoms with E-state index >= 15 is 0 Å². The highest BCUT2D eigenvalue weighted by molar-refractivity contribution is 7.90. The highest BCUT2D eigenvalue weighted by atomic mass is 32.2. The predicted molar refractivity (Wildman–Crippen MR) is 138 cm³/mol. The van der Waals surface area contributed by atoms with Crippen LogP contribution >= 0.6 is 0 Å². The molecule has 3 aromatic carbocycles. The van der Waals surface area contributed by atoms with E-state index in [1.54, 1.807) is 79.7 Å². The fraction of sp³-hybridized carbons (Fsp3) is 0.179. The minimum atomic E-state index is -3.58. The lowest BCUT2D eigenvalue weighted by Crippen LogP contribution is -2.22. The zero-order chi connectivity index (χ0) is 26.6. The summed E-state index contributed by atoms with van der Waals surface area (Å²) in [6, 6.07) is 20.2. The van der Waals surface area contributed by atoms with Gasteiger partial charge in [-0.1, -0.05) is 29.8 Å². The Hall–Kier alpha value is -4.24. The number of hydrogen-bond acceptors (Lipinski definition) is 7. The number of aromatic nitrogens is 1. The molecule has 0 aliphatic heterocycles. The molecule has 0 spiro atoms. The molecule has 0 aliphatic rings. The number of benzene rings is 3. The van der Waals surface area contributed by atoms with Gasteiger partial charge in [0.2, 0.25) is 5.89 Å². The van der Waals surface area contributed by atoms with Crippen molar-refractivity contribution >= 4 is 21.7 Å². The van der Waals surface area contributed by atoms with Crippen molar-refractivity contribution in [2.45, 2.75) is 31.0 Å². The van der Waals surface area contributed by atoms with E-state index in [0.717, 1.165) is 11.1 Å². The number of oxazole rings is 1. The summed E-state index contributed by atoms with van der Waals surface area (Å²) in [6.45, 7) is 3.81. The van der Waals surface area contributed by atoms with Crippen LogP contribution in [0.4, 0.5) is 0 Å². The van der Waals surface area contributed by atoms with Gasteiger partial charge in [-0.3, -0.25) is 4.79 Å². The summed E-state index contributed by atoms with van der Waals surface area (Å²) in [5.41, 5.74) is 3.53. The number of methoxy groups -OCH3 is 1. The van der Waals surface area contributed by atoms with Crippen molar-refractivity contribution in [1.29, 1.82) is 0 Å². The Morgan fingerprint density at radius 3 is 2.32 bits per heavy atom. The summed E-state index contributed by atoms with van der Waals surface area (Å²) in [7, 11) is -2.27. The summed E-state index contributed by atoms with van der Waals surface area (Å²) in [5.74, 6) is -0.312. The summed E-state index contributed by atoms with van der Waals surface area (Å²) < 4.78 is 36.1. The van der Waals surface area contributed by atoms with Crippen LogP contribution in [0.25, 0.3) is 11.5 Å². The molecule has 4 rings (SSSR count). The van der Waals surface area contributed by atoms with Gasteiger partial charge >= 0.3 is 5.97 Å². The van der Waals surface area contributed by atoms with Crippen molar-refractivity contribution < 1.29 is 27.2 Å². The second-order valence-corrected chi connectivity index (χ2v) is 10.5. The topological polar surface area (TPSA) is 116 Å². The lowest BCUT2D eigenvalue weighted by atomic mass is 10.1. The molecule has 9 heteroatoms. The van der Waals surface area contributed by atoms with Gasteiger partial charge in [0, 0.05) is 17.7 Å². The first-order valence-corrected chi connectivity index (χ1v) is 13.1. The zero-order valence-corrected chi connectivity index (χ0v) is 21.5. The first kappa shape index (κ1) is 25.8.